The highest BCUT2D eigenvalue weighted by molar-refractivity contribution is 5.94. The summed E-state index contributed by atoms with van der Waals surface area (Å²) >= 11 is 0. The minimum Gasteiger partial charge on any atom is -0.481 e. The number of aliphatic carboxylic acids is 1. The van der Waals surface area contributed by atoms with Crippen LogP contribution in [0.3, 0.4) is 0 Å². The van der Waals surface area contributed by atoms with Crippen molar-refractivity contribution in [2.24, 2.45) is 0 Å². The zero-order chi connectivity index (χ0) is 16.4. The summed E-state index contributed by atoms with van der Waals surface area (Å²) in [5.41, 5.74) is 1.81. The SMILES string of the molecule is O=C(O)CC1CCCN1C(=O)c1cc2c([nH]c1=O)CCCCC2. The summed E-state index contributed by atoms with van der Waals surface area (Å²) in [5, 5.41) is 8.98. The molecule has 2 heterocycles. The average Bonchev–Trinajstić information content (AvgIpc) is 2.83. The molecule has 0 bridgehead atoms. The molecule has 6 nitrogen and oxygen atoms in total. The molecule has 1 aliphatic heterocycles. The molecule has 23 heavy (non-hydrogen) atoms. The lowest BCUT2D eigenvalue weighted by Crippen LogP contribution is -2.39. The van der Waals surface area contributed by atoms with Gasteiger partial charge in [-0.2, -0.15) is 0 Å². The highest BCUT2D eigenvalue weighted by Gasteiger charge is 2.32. The van der Waals surface area contributed by atoms with Gasteiger partial charge in [0.25, 0.3) is 11.5 Å². The first-order chi connectivity index (χ1) is 11.1. The van der Waals surface area contributed by atoms with Gasteiger partial charge in [0, 0.05) is 18.3 Å². The van der Waals surface area contributed by atoms with Crippen molar-refractivity contribution in [3.63, 3.8) is 0 Å². The van der Waals surface area contributed by atoms with Crippen molar-refractivity contribution in [2.75, 3.05) is 6.54 Å². The Kier molecular flexibility index (Phi) is 4.50. The predicted octanol–water partition coefficient (Wildman–Crippen LogP) is 1.72. The molecule has 1 amide bonds. The number of hydrogen-bond donors (Lipinski definition) is 2. The molecule has 1 saturated heterocycles. The van der Waals surface area contributed by atoms with Crippen LogP contribution in [0.25, 0.3) is 0 Å². The number of H-pyrrole nitrogens is 1. The molecule has 6 heteroatoms. The molecule has 1 atom stereocenters. The number of rotatable bonds is 3. The van der Waals surface area contributed by atoms with Gasteiger partial charge >= 0.3 is 5.97 Å². The second-order valence-corrected chi connectivity index (χ2v) is 6.47. The van der Waals surface area contributed by atoms with Crippen LogP contribution in [0.2, 0.25) is 0 Å². The number of carboxylic acid groups (broad SMARTS) is 1. The van der Waals surface area contributed by atoms with Crippen LogP contribution in [0.1, 0.15) is 60.1 Å². The van der Waals surface area contributed by atoms with Gasteiger partial charge in [0.2, 0.25) is 0 Å². The maximum Gasteiger partial charge on any atom is 0.305 e. The minimum absolute atomic E-state index is 0.0609. The molecule has 0 radical (unpaired) electrons. The number of nitrogens with one attached hydrogen (secondary N) is 1. The molecule has 1 aromatic rings. The number of hydrogen-bond acceptors (Lipinski definition) is 3. The first-order valence-corrected chi connectivity index (χ1v) is 8.34. The molecule has 2 aliphatic rings. The molecule has 1 unspecified atom stereocenters. The quantitative estimate of drug-likeness (QED) is 0.830. The van der Waals surface area contributed by atoms with Crippen molar-refractivity contribution in [3.8, 4) is 0 Å². The number of carboxylic acids is 1. The number of fused-ring (bicyclic) bond motifs is 1. The van der Waals surface area contributed by atoms with Crippen molar-refractivity contribution < 1.29 is 14.7 Å². The van der Waals surface area contributed by atoms with E-state index < -0.39 is 5.97 Å². The Hall–Kier alpha value is -2.11. The van der Waals surface area contributed by atoms with Crippen molar-refractivity contribution >= 4 is 11.9 Å². The van der Waals surface area contributed by atoms with E-state index in [0.717, 1.165) is 49.8 Å². The van der Waals surface area contributed by atoms with Gasteiger partial charge in [-0.3, -0.25) is 14.4 Å². The number of aromatic amines is 1. The first-order valence-electron chi connectivity index (χ1n) is 8.34. The number of carbonyl (C=O) groups excluding carboxylic acids is 1. The summed E-state index contributed by atoms with van der Waals surface area (Å²) in [6.07, 6.45) is 6.39. The summed E-state index contributed by atoms with van der Waals surface area (Å²) in [5.74, 6) is -1.24. The number of likely N-dealkylation sites (tertiary alicyclic amines) is 1. The van der Waals surface area contributed by atoms with E-state index in [1.807, 2.05) is 0 Å². The van der Waals surface area contributed by atoms with Gasteiger partial charge in [-0.05, 0) is 50.2 Å². The molecule has 0 aromatic carbocycles. The summed E-state index contributed by atoms with van der Waals surface area (Å²) in [6.45, 7) is 0.521. The largest absolute Gasteiger partial charge is 0.481 e. The van der Waals surface area contributed by atoms with Crippen LogP contribution in [0.15, 0.2) is 10.9 Å². The second-order valence-electron chi connectivity index (χ2n) is 6.47. The molecular weight excluding hydrogens is 296 g/mol. The number of carbonyl (C=O) groups is 2. The van der Waals surface area contributed by atoms with Gasteiger partial charge in [0.05, 0.1) is 6.42 Å². The van der Waals surface area contributed by atoms with Crippen molar-refractivity contribution in [1.29, 1.82) is 0 Å². The molecular formula is C17H22N2O4. The van der Waals surface area contributed by atoms with Crippen LogP contribution >= 0.6 is 0 Å². The summed E-state index contributed by atoms with van der Waals surface area (Å²) < 4.78 is 0. The fourth-order valence-corrected chi connectivity index (χ4v) is 3.68. The van der Waals surface area contributed by atoms with Crippen LogP contribution < -0.4 is 5.56 Å². The lowest BCUT2D eigenvalue weighted by molar-refractivity contribution is -0.137. The van der Waals surface area contributed by atoms with Crippen LogP contribution in [-0.2, 0) is 17.6 Å². The van der Waals surface area contributed by atoms with Crippen LogP contribution in [-0.4, -0.2) is 39.5 Å². The van der Waals surface area contributed by atoms with Crippen molar-refractivity contribution in [3.05, 3.63) is 33.2 Å². The van der Waals surface area contributed by atoms with E-state index in [4.69, 9.17) is 5.11 Å². The number of nitrogens with zero attached hydrogens (tertiary/aromatic N) is 1. The third-order valence-electron chi connectivity index (χ3n) is 4.87. The molecule has 2 N–H and O–H groups in total. The minimum atomic E-state index is -0.912. The fourth-order valence-electron chi connectivity index (χ4n) is 3.68. The molecule has 1 aliphatic carbocycles. The van der Waals surface area contributed by atoms with E-state index in [-0.39, 0.29) is 29.5 Å². The van der Waals surface area contributed by atoms with Gasteiger partial charge < -0.3 is 15.0 Å². The Morgan fingerprint density at radius 3 is 2.78 bits per heavy atom. The zero-order valence-electron chi connectivity index (χ0n) is 13.1. The molecule has 0 saturated carbocycles. The number of amides is 1. The van der Waals surface area contributed by atoms with Crippen LogP contribution in [0.5, 0.6) is 0 Å². The number of aryl methyl sites for hydroxylation is 2. The summed E-state index contributed by atoms with van der Waals surface area (Å²) in [7, 11) is 0. The van der Waals surface area contributed by atoms with Crippen molar-refractivity contribution in [1.82, 2.24) is 9.88 Å². The Morgan fingerprint density at radius 2 is 2.00 bits per heavy atom. The third-order valence-corrected chi connectivity index (χ3v) is 4.87. The second kappa shape index (κ2) is 6.56. The standard InChI is InChI=1S/C17H22N2O4/c20-15(21)10-12-6-4-8-19(12)17(23)13-9-11-5-2-1-3-7-14(11)18-16(13)22/h9,12H,1-8,10H2,(H,18,22)(H,20,21). The molecule has 3 rings (SSSR count). The monoisotopic (exact) mass is 318 g/mol. The molecule has 0 spiro atoms. The van der Waals surface area contributed by atoms with Crippen LogP contribution in [0.4, 0.5) is 0 Å². The van der Waals surface area contributed by atoms with Crippen molar-refractivity contribution in [2.45, 2.75) is 57.4 Å². The van der Waals surface area contributed by atoms with E-state index in [1.54, 1.807) is 11.0 Å². The fraction of sp³-hybridized carbons (Fsp3) is 0.588. The predicted molar refractivity (Wildman–Crippen MR) is 84.6 cm³/mol. The third kappa shape index (κ3) is 3.30. The lowest BCUT2D eigenvalue weighted by atomic mass is 10.0. The summed E-state index contributed by atoms with van der Waals surface area (Å²) in [6, 6.07) is 1.43. The number of aromatic nitrogens is 1. The van der Waals surface area contributed by atoms with Crippen LogP contribution in [0, 0.1) is 0 Å². The summed E-state index contributed by atoms with van der Waals surface area (Å²) in [4.78, 5) is 40.4. The van der Waals surface area contributed by atoms with Gasteiger partial charge in [0.15, 0.2) is 0 Å². The smallest absolute Gasteiger partial charge is 0.305 e. The maximum absolute atomic E-state index is 12.7. The van der Waals surface area contributed by atoms with E-state index >= 15 is 0 Å². The highest BCUT2D eigenvalue weighted by atomic mass is 16.4. The normalized spacial score (nSPS) is 20.9. The van der Waals surface area contributed by atoms with E-state index in [0.29, 0.717) is 13.0 Å². The van der Waals surface area contributed by atoms with Gasteiger partial charge in [-0.1, -0.05) is 6.42 Å². The van der Waals surface area contributed by atoms with E-state index in [2.05, 4.69) is 4.98 Å². The van der Waals surface area contributed by atoms with Gasteiger partial charge in [-0.25, -0.2) is 0 Å². The Morgan fingerprint density at radius 1 is 1.22 bits per heavy atom. The first kappa shape index (κ1) is 15.8. The van der Waals surface area contributed by atoms with Gasteiger partial charge in [-0.15, -0.1) is 0 Å². The Labute approximate surface area is 134 Å². The van der Waals surface area contributed by atoms with E-state index in [9.17, 15) is 14.4 Å². The molecule has 124 valence electrons. The molecule has 1 fully saturated rings. The zero-order valence-corrected chi connectivity index (χ0v) is 13.1. The topological polar surface area (TPSA) is 90.5 Å². The average molecular weight is 318 g/mol. The van der Waals surface area contributed by atoms with Gasteiger partial charge in [0.1, 0.15) is 5.56 Å². The highest BCUT2D eigenvalue weighted by Crippen LogP contribution is 2.23. The Bertz CT molecular complexity index is 680. The number of pyridine rings is 1. The van der Waals surface area contributed by atoms with E-state index in [1.165, 1.54) is 0 Å². The lowest BCUT2D eigenvalue weighted by Gasteiger charge is -2.23. The molecule has 1 aromatic heterocycles. The maximum atomic E-state index is 12.7. The Balaban J connectivity index is 1.88.